The van der Waals surface area contributed by atoms with Gasteiger partial charge in [-0.15, -0.1) is 0 Å². The second-order valence-electron chi connectivity index (χ2n) is 2.90. The van der Waals surface area contributed by atoms with Crippen molar-refractivity contribution in [2.24, 2.45) is 0 Å². The van der Waals surface area contributed by atoms with Gasteiger partial charge in [-0.05, 0) is 26.2 Å². The zero-order valence-corrected chi connectivity index (χ0v) is 7.45. The molecule has 1 rings (SSSR count). The minimum absolute atomic E-state index is 0.235. The van der Waals surface area contributed by atoms with Crippen molar-refractivity contribution < 1.29 is 9.74 Å². The van der Waals surface area contributed by atoms with Crippen LogP contribution in [0.25, 0.3) is 0 Å². The summed E-state index contributed by atoms with van der Waals surface area (Å²) in [6.45, 7) is 3.81. The van der Waals surface area contributed by atoms with E-state index in [9.17, 15) is 5.11 Å². The molecule has 1 aromatic heterocycles. The number of hydrogen-bond donors (Lipinski definition) is 1. The van der Waals surface area contributed by atoms with Crippen molar-refractivity contribution in [3.63, 3.8) is 0 Å². The number of nitrogens with zero attached hydrogens (tertiary/aromatic N) is 2. The summed E-state index contributed by atoms with van der Waals surface area (Å²) in [5.74, 6) is 0. The van der Waals surface area contributed by atoms with Gasteiger partial charge in [0, 0.05) is 0 Å². The number of rotatable bonds is 4. The summed E-state index contributed by atoms with van der Waals surface area (Å²) in [5.41, 5.74) is 1.67. The predicted octanol–water partition coefficient (Wildman–Crippen LogP) is 1.08. The third kappa shape index (κ3) is 2.30. The van der Waals surface area contributed by atoms with Gasteiger partial charge in [-0.3, -0.25) is 0 Å². The standard InChI is InChI=1S/C8H14N2O2/c1-3-7(11)4-5-8-6(2)9-12-10-8/h7,11H,3-5H2,1-2H3. The van der Waals surface area contributed by atoms with E-state index in [-0.39, 0.29) is 6.10 Å². The fourth-order valence-corrected chi connectivity index (χ4v) is 0.984. The molecule has 0 bridgehead atoms. The van der Waals surface area contributed by atoms with Crippen LogP contribution in [-0.2, 0) is 6.42 Å². The Morgan fingerprint density at radius 1 is 1.50 bits per heavy atom. The van der Waals surface area contributed by atoms with Gasteiger partial charge in [0.1, 0.15) is 11.4 Å². The topological polar surface area (TPSA) is 59.2 Å². The molecule has 68 valence electrons. The molecule has 0 aromatic carbocycles. The smallest absolute Gasteiger partial charge is 0.108 e. The lowest BCUT2D eigenvalue weighted by molar-refractivity contribution is 0.160. The van der Waals surface area contributed by atoms with Crippen LogP contribution >= 0.6 is 0 Å². The van der Waals surface area contributed by atoms with Crippen LogP contribution in [0.2, 0.25) is 0 Å². The van der Waals surface area contributed by atoms with Gasteiger partial charge in [0.2, 0.25) is 0 Å². The van der Waals surface area contributed by atoms with Gasteiger partial charge < -0.3 is 5.11 Å². The van der Waals surface area contributed by atoms with Gasteiger partial charge in [-0.1, -0.05) is 17.2 Å². The first-order valence-electron chi connectivity index (χ1n) is 4.20. The highest BCUT2D eigenvalue weighted by molar-refractivity contribution is 5.04. The molecule has 1 aromatic rings. The third-order valence-corrected chi connectivity index (χ3v) is 1.93. The van der Waals surface area contributed by atoms with E-state index in [1.165, 1.54) is 0 Å². The maximum atomic E-state index is 9.27. The minimum atomic E-state index is -0.235. The number of aliphatic hydroxyl groups is 1. The Hall–Kier alpha value is -0.900. The molecule has 1 atom stereocenters. The first-order chi connectivity index (χ1) is 5.74. The molecule has 1 heterocycles. The average molecular weight is 170 g/mol. The molecule has 0 radical (unpaired) electrons. The zero-order chi connectivity index (χ0) is 8.97. The molecule has 0 amide bonds. The molecule has 0 saturated carbocycles. The van der Waals surface area contributed by atoms with E-state index >= 15 is 0 Å². The van der Waals surface area contributed by atoms with Gasteiger partial charge in [-0.25, -0.2) is 4.63 Å². The summed E-state index contributed by atoms with van der Waals surface area (Å²) in [6, 6.07) is 0. The molecule has 12 heavy (non-hydrogen) atoms. The molecule has 0 saturated heterocycles. The highest BCUT2D eigenvalue weighted by Gasteiger charge is 2.07. The Morgan fingerprint density at radius 2 is 2.25 bits per heavy atom. The third-order valence-electron chi connectivity index (χ3n) is 1.93. The number of hydrogen-bond acceptors (Lipinski definition) is 4. The van der Waals surface area contributed by atoms with Gasteiger partial charge in [0.25, 0.3) is 0 Å². The van der Waals surface area contributed by atoms with E-state index in [0.717, 1.165) is 30.7 Å². The van der Waals surface area contributed by atoms with Crippen molar-refractivity contribution in [1.29, 1.82) is 0 Å². The van der Waals surface area contributed by atoms with Gasteiger partial charge in [0.05, 0.1) is 6.10 Å². The molecular formula is C8H14N2O2. The van der Waals surface area contributed by atoms with E-state index in [0.29, 0.717) is 0 Å². The van der Waals surface area contributed by atoms with Crippen molar-refractivity contribution in [1.82, 2.24) is 10.3 Å². The summed E-state index contributed by atoms with van der Waals surface area (Å²) in [7, 11) is 0. The SMILES string of the molecule is CCC(O)CCc1nonc1C. The molecule has 0 spiro atoms. The molecule has 1 N–H and O–H groups in total. The lowest BCUT2D eigenvalue weighted by Gasteiger charge is -2.04. The lowest BCUT2D eigenvalue weighted by atomic mass is 10.1. The Morgan fingerprint density at radius 3 is 2.75 bits per heavy atom. The largest absolute Gasteiger partial charge is 0.393 e. The summed E-state index contributed by atoms with van der Waals surface area (Å²) < 4.78 is 4.53. The molecule has 4 nitrogen and oxygen atoms in total. The molecule has 0 aliphatic rings. The monoisotopic (exact) mass is 170 g/mol. The first-order valence-corrected chi connectivity index (χ1v) is 4.20. The summed E-state index contributed by atoms with van der Waals surface area (Å²) in [5, 5.41) is 16.6. The normalized spacial score (nSPS) is 13.2. The highest BCUT2D eigenvalue weighted by atomic mass is 16.6. The Kier molecular flexibility index (Phi) is 3.22. The predicted molar refractivity (Wildman–Crippen MR) is 43.7 cm³/mol. The van der Waals surface area contributed by atoms with Crippen LogP contribution in [0.5, 0.6) is 0 Å². The van der Waals surface area contributed by atoms with E-state index in [1.807, 2.05) is 13.8 Å². The fourth-order valence-electron chi connectivity index (χ4n) is 0.984. The second kappa shape index (κ2) is 4.21. The van der Waals surface area contributed by atoms with E-state index in [4.69, 9.17) is 0 Å². The van der Waals surface area contributed by atoms with Crippen LogP contribution in [0.15, 0.2) is 4.63 Å². The van der Waals surface area contributed by atoms with Crippen LogP contribution in [0.1, 0.15) is 31.2 Å². The Labute approximate surface area is 71.6 Å². The fraction of sp³-hybridized carbons (Fsp3) is 0.750. The van der Waals surface area contributed by atoms with Crippen molar-refractivity contribution in [2.45, 2.75) is 39.2 Å². The van der Waals surface area contributed by atoms with Crippen molar-refractivity contribution >= 4 is 0 Å². The van der Waals surface area contributed by atoms with E-state index in [2.05, 4.69) is 14.9 Å². The average Bonchev–Trinajstić information content (AvgIpc) is 2.47. The Balaban J connectivity index is 2.38. The van der Waals surface area contributed by atoms with Crippen molar-refractivity contribution in [3.05, 3.63) is 11.4 Å². The van der Waals surface area contributed by atoms with Crippen LogP contribution in [0.3, 0.4) is 0 Å². The summed E-state index contributed by atoms with van der Waals surface area (Å²) >= 11 is 0. The van der Waals surface area contributed by atoms with Crippen LogP contribution in [0.4, 0.5) is 0 Å². The maximum Gasteiger partial charge on any atom is 0.108 e. The zero-order valence-electron chi connectivity index (χ0n) is 7.45. The molecule has 4 heteroatoms. The number of aromatic nitrogens is 2. The molecule has 1 unspecified atom stereocenters. The van der Waals surface area contributed by atoms with Gasteiger partial charge in [0.15, 0.2) is 0 Å². The lowest BCUT2D eigenvalue weighted by Crippen LogP contribution is -2.06. The number of aliphatic hydroxyl groups excluding tert-OH is 1. The number of aryl methyl sites for hydroxylation is 2. The van der Waals surface area contributed by atoms with Gasteiger partial charge >= 0.3 is 0 Å². The van der Waals surface area contributed by atoms with Crippen LogP contribution in [0, 0.1) is 6.92 Å². The Bertz CT molecular complexity index is 235. The molecule has 0 fully saturated rings. The van der Waals surface area contributed by atoms with E-state index < -0.39 is 0 Å². The van der Waals surface area contributed by atoms with Crippen molar-refractivity contribution in [3.8, 4) is 0 Å². The summed E-state index contributed by atoms with van der Waals surface area (Å²) in [4.78, 5) is 0. The second-order valence-corrected chi connectivity index (χ2v) is 2.90. The van der Waals surface area contributed by atoms with Crippen LogP contribution < -0.4 is 0 Å². The van der Waals surface area contributed by atoms with Gasteiger partial charge in [-0.2, -0.15) is 0 Å². The molecule has 0 aliphatic carbocycles. The maximum absolute atomic E-state index is 9.27. The first kappa shape index (κ1) is 9.19. The van der Waals surface area contributed by atoms with Crippen LogP contribution in [-0.4, -0.2) is 21.5 Å². The summed E-state index contributed by atoms with van der Waals surface area (Å²) in [6.07, 6.45) is 2.02. The minimum Gasteiger partial charge on any atom is -0.393 e. The molecular weight excluding hydrogens is 156 g/mol. The molecule has 0 aliphatic heterocycles. The highest BCUT2D eigenvalue weighted by Crippen LogP contribution is 2.07. The van der Waals surface area contributed by atoms with Crippen molar-refractivity contribution in [2.75, 3.05) is 0 Å². The van der Waals surface area contributed by atoms with E-state index in [1.54, 1.807) is 0 Å². The quantitative estimate of drug-likeness (QED) is 0.734.